The maximum absolute atomic E-state index is 13.0. The summed E-state index contributed by atoms with van der Waals surface area (Å²) < 4.78 is 13.0. The van der Waals surface area contributed by atoms with Crippen LogP contribution in [0.5, 0.6) is 0 Å². The van der Waals surface area contributed by atoms with Gasteiger partial charge in [-0.2, -0.15) is 0 Å². The van der Waals surface area contributed by atoms with E-state index in [4.69, 9.17) is 0 Å². The van der Waals surface area contributed by atoms with E-state index in [9.17, 15) is 14.0 Å². The highest BCUT2D eigenvalue weighted by Crippen LogP contribution is 2.26. The van der Waals surface area contributed by atoms with E-state index in [1.54, 1.807) is 31.2 Å². The number of halogens is 1. The maximum Gasteiger partial charge on any atom is 0.255 e. The first-order chi connectivity index (χ1) is 13.9. The van der Waals surface area contributed by atoms with Crippen molar-refractivity contribution in [2.75, 3.05) is 10.6 Å². The zero-order valence-corrected chi connectivity index (χ0v) is 16.9. The molecule has 0 saturated carbocycles. The highest BCUT2D eigenvalue weighted by molar-refractivity contribution is 8.00. The third kappa shape index (κ3) is 5.93. The van der Waals surface area contributed by atoms with Crippen LogP contribution in [-0.2, 0) is 4.79 Å². The standard InChI is InChI=1S/C23H21FN2O2S/c1-15-3-5-17(6-4-15)23(28)26-20-11-13-21(14-12-20)29-16(2)22(27)25-19-9-7-18(24)8-10-19/h3-14,16H,1-2H3,(H,25,27)(H,26,28). The number of amides is 2. The number of nitrogens with one attached hydrogen (secondary N) is 2. The van der Waals surface area contributed by atoms with Crippen LogP contribution in [0.15, 0.2) is 77.7 Å². The Morgan fingerprint density at radius 3 is 2.00 bits per heavy atom. The Hall–Kier alpha value is -3.12. The number of anilines is 2. The fraction of sp³-hybridized carbons (Fsp3) is 0.130. The van der Waals surface area contributed by atoms with Gasteiger partial charge in [0, 0.05) is 21.8 Å². The van der Waals surface area contributed by atoms with Crippen molar-refractivity contribution in [3.05, 3.63) is 89.7 Å². The third-order valence-electron chi connectivity index (χ3n) is 4.22. The molecule has 0 radical (unpaired) electrons. The first kappa shape index (κ1) is 20.6. The molecule has 2 N–H and O–H groups in total. The molecule has 0 aromatic heterocycles. The van der Waals surface area contributed by atoms with E-state index < -0.39 is 0 Å². The van der Waals surface area contributed by atoms with Crippen LogP contribution in [0, 0.1) is 12.7 Å². The normalized spacial score (nSPS) is 11.6. The van der Waals surface area contributed by atoms with Crippen molar-refractivity contribution >= 4 is 35.0 Å². The van der Waals surface area contributed by atoms with Crippen LogP contribution in [-0.4, -0.2) is 17.1 Å². The number of carbonyl (C=O) groups excluding carboxylic acids is 2. The van der Waals surface area contributed by atoms with Gasteiger partial charge in [0.25, 0.3) is 5.91 Å². The molecule has 3 rings (SSSR count). The van der Waals surface area contributed by atoms with Crippen molar-refractivity contribution in [3.8, 4) is 0 Å². The van der Waals surface area contributed by atoms with Crippen LogP contribution >= 0.6 is 11.8 Å². The first-order valence-electron chi connectivity index (χ1n) is 9.12. The van der Waals surface area contributed by atoms with Gasteiger partial charge in [0.2, 0.25) is 5.91 Å². The van der Waals surface area contributed by atoms with Crippen LogP contribution in [0.4, 0.5) is 15.8 Å². The molecule has 0 saturated heterocycles. The Morgan fingerprint density at radius 1 is 0.828 bits per heavy atom. The lowest BCUT2D eigenvalue weighted by Crippen LogP contribution is -2.22. The zero-order chi connectivity index (χ0) is 20.8. The summed E-state index contributed by atoms with van der Waals surface area (Å²) in [5, 5.41) is 5.29. The van der Waals surface area contributed by atoms with Gasteiger partial charge in [0.05, 0.1) is 5.25 Å². The molecular formula is C23H21FN2O2S. The second-order valence-electron chi connectivity index (χ2n) is 6.60. The molecule has 0 bridgehead atoms. The fourth-order valence-electron chi connectivity index (χ4n) is 2.56. The van der Waals surface area contributed by atoms with Gasteiger partial charge in [-0.15, -0.1) is 11.8 Å². The van der Waals surface area contributed by atoms with Crippen LogP contribution in [0.2, 0.25) is 0 Å². The van der Waals surface area contributed by atoms with Gasteiger partial charge in [0.15, 0.2) is 0 Å². The molecule has 0 spiro atoms. The average molecular weight is 408 g/mol. The van der Waals surface area contributed by atoms with Crippen molar-refractivity contribution in [3.63, 3.8) is 0 Å². The van der Waals surface area contributed by atoms with Crippen LogP contribution in [0.3, 0.4) is 0 Å². The van der Waals surface area contributed by atoms with Gasteiger partial charge < -0.3 is 10.6 Å². The maximum atomic E-state index is 13.0. The van der Waals surface area contributed by atoms with Gasteiger partial charge in [0.1, 0.15) is 5.82 Å². The van der Waals surface area contributed by atoms with E-state index >= 15 is 0 Å². The van der Waals surface area contributed by atoms with E-state index in [0.717, 1.165) is 10.5 Å². The van der Waals surface area contributed by atoms with Crippen molar-refractivity contribution in [1.29, 1.82) is 0 Å². The Labute approximate surface area is 173 Å². The number of hydrogen-bond acceptors (Lipinski definition) is 3. The SMILES string of the molecule is Cc1ccc(C(=O)Nc2ccc(SC(C)C(=O)Nc3ccc(F)cc3)cc2)cc1. The van der Waals surface area contributed by atoms with Gasteiger partial charge in [-0.25, -0.2) is 4.39 Å². The van der Waals surface area contributed by atoms with Crippen LogP contribution in [0.1, 0.15) is 22.8 Å². The summed E-state index contributed by atoms with van der Waals surface area (Å²) >= 11 is 1.40. The molecule has 29 heavy (non-hydrogen) atoms. The molecular weight excluding hydrogens is 387 g/mol. The zero-order valence-electron chi connectivity index (χ0n) is 16.1. The van der Waals surface area contributed by atoms with E-state index in [0.29, 0.717) is 16.9 Å². The predicted molar refractivity (Wildman–Crippen MR) is 116 cm³/mol. The number of rotatable bonds is 6. The summed E-state index contributed by atoms with van der Waals surface area (Å²) in [6.07, 6.45) is 0. The Balaban J connectivity index is 1.55. The molecule has 6 heteroatoms. The summed E-state index contributed by atoms with van der Waals surface area (Å²) in [5.74, 6) is -0.684. The molecule has 0 aliphatic heterocycles. The van der Waals surface area contributed by atoms with E-state index in [2.05, 4.69) is 10.6 Å². The quantitative estimate of drug-likeness (QED) is 0.529. The number of hydrogen-bond donors (Lipinski definition) is 2. The minimum Gasteiger partial charge on any atom is -0.325 e. The monoisotopic (exact) mass is 408 g/mol. The number of benzene rings is 3. The molecule has 1 unspecified atom stereocenters. The molecule has 0 aliphatic rings. The van der Waals surface area contributed by atoms with Crippen LogP contribution in [0.25, 0.3) is 0 Å². The molecule has 3 aromatic rings. The lowest BCUT2D eigenvalue weighted by Gasteiger charge is -2.12. The second-order valence-corrected chi connectivity index (χ2v) is 8.01. The minimum absolute atomic E-state index is 0.168. The van der Waals surface area contributed by atoms with E-state index in [1.807, 2.05) is 31.2 Å². The summed E-state index contributed by atoms with van der Waals surface area (Å²) in [6.45, 7) is 3.77. The summed E-state index contributed by atoms with van der Waals surface area (Å²) in [5.41, 5.74) is 2.93. The Kier molecular flexibility index (Phi) is 6.67. The molecule has 0 aliphatic carbocycles. The van der Waals surface area contributed by atoms with Crippen molar-refractivity contribution in [2.45, 2.75) is 24.0 Å². The predicted octanol–water partition coefficient (Wildman–Crippen LogP) is 5.51. The largest absolute Gasteiger partial charge is 0.325 e. The van der Waals surface area contributed by atoms with Crippen LogP contribution < -0.4 is 10.6 Å². The molecule has 1 atom stereocenters. The minimum atomic E-state index is -0.347. The van der Waals surface area contributed by atoms with Crippen molar-refractivity contribution in [1.82, 2.24) is 0 Å². The fourth-order valence-corrected chi connectivity index (χ4v) is 3.43. The number of aryl methyl sites for hydroxylation is 1. The van der Waals surface area contributed by atoms with E-state index in [1.165, 1.54) is 36.0 Å². The smallest absolute Gasteiger partial charge is 0.255 e. The number of thioether (sulfide) groups is 1. The molecule has 2 amide bonds. The summed E-state index contributed by atoms with van der Waals surface area (Å²) in [4.78, 5) is 25.5. The molecule has 148 valence electrons. The van der Waals surface area contributed by atoms with Crippen molar-refractivity contribution in [2.24, 2.45) is 0 Å². The number of carbonyl (C=O) groups is 2. The van der Waals surface area contributed by atoms with Crippen molar-refractivity contribution < 1.29 is 14.0 Å². The lowest BCUT2D eigenvalue weighted by molar-refractivity contribution is -0.115. The van der Waals surface area contributed by atoms with Gasteiger partial charge in [-0.3, -0.25) is 9.59 Å². The molecule has 4 nitrogen and oxygen atoms in total. The lowest BCUT2D eigenvalue weighted by atomic mass is 10.1. The summed E-state index contributed by atoms with van der Waals surface area (Å²) in [6, 6.07) is 20.3. The van der Waals surface area contributed by atoms with E-state index in [-0.39, 0.29) is 22.9 Å². The van der Waals surface area contributed by atoms with Gasteiger partial charge >= 0.3 is 0 Å². The highest BCUT2D eigenvalue weighted by Gasteiger charge is 2.15. The Bertz CT molecular complexity index is 987. The second kappa shape index (κ2) is 9.39. The molecule has 3 aromatic carbocycles. The average Bonchev–Trinajstić information content (AvgIpc) is 2.71. The van der Waals surface area contributed by atoms with Gasteiger partial charge in [-0.1, -0.05) is 17.7 Å². The molecule has 0 heterocycles. The molecule has 0 fully saturated rings. The Morgan fingerprint density at radius 2 is 1.38 bits per heavy atom. The highest BCUT2D eigenvalue weighted by atomic mass is 32.2. The topological polar surface area (TPSA) is 58.2 Å². The van der Waals surface area contributed by atoms with Gasteiger partial charge in [-0.05, 0) is 74.5 Å². The third-order valence-corrected chi connectivity index (χ3v) is 5.33. The first-order valence-corrected chi connectivity index (χ1v) is 10.00. The summed E-state index contributed by atoms with van der Waals surface area (Å²) in [7, 11) is 0.